The van der Waals surface area contributed by atoms with E-state index in [0.717, 1.165) is 29.2 Å². The summed E-state index contributed by atoms with van der Waals surface area (Å²) in [5.74, 6) is 0.921. The van der Waals surface area contributed by atoms with Gasteiger partial charge < -0.3 is 9.84 Å². The van der Waals surface area contributed by atoms with Gasteiger partial charge in [0.15, 0.2) is 0 Å². The van der Waals surface area contributed by atoms with Gasteiger partial charge in [-0.05, 0) is 61.6 Å². The largest absolute Gasteiger partial charge is 0.489 e. The Kier molecular flexibility index (Phi) is 8.90. The molecule has 0 heterocycles. The van der Waals surface area contributed by atoms with E-state index < -0.39 is 0 Å². The Labute approximate surface area is 167 Å². The van der Waals surface area contributed by atoms with Crippen molar-refractivity contribution >= 4 is 11.6 Å². The molecule has 3 rings (SSSR count). The average Bonchev–Trinajstić information content (AvgIpc) is 2.68. The van der Waals surface area contributed by atoms with Crippen LogP contribution in [0, 0.1) is 13.8 Å². The van der Waals surface area contributed by atoms with E-state index in [1.807, 2.05) is 55.5 Å². The Bertz CT molecular complexity index is 798. The molecule has 27 heavy (non-hydrogen) atoms. The van der Waals surface area contributed by atoms with Crippen molar-refractivity contribution in [1.29, 1.82) is 0 Å². The van der Waals surface area contributed by atoms with E-state index >= 15 is 0 Å². The number of rotatable bonds is 6. The van der Waals surface area contributed by atoms with E-state index in [2.05, 4.69) is 31.2 Å². The van der Waals surface area contributed by atoms with Gasteiger partial charge in [-0.3, -0.25) is 0 Å². The maximum Gasteiger partial charge on any atom is 0.119 e. The SMILES string of the molecule is Cc1ccc(CCCO)c(Cl)c1.Cc1ccc(OCc2ccccc2)cc1. The van der Waals surface area contributed by atoms with Gasteiger partial charge in [0.1, 0.15) is 12.4 Å². The average molecular weight is 383 g/mol. The van der Waals surface area contributed by atoms with E-state index in [-0.39, 0.29) is 6.61 Å². The molecule has 2 nitrogen and oxygen atoms in total. The first kappa shape index (κ1) is 21.0. The van der Waals surface area contributed by atoms with Crippen LogP contribution in [0.1, 0.15) is 28.7 Å². The van der Waals surface area contributed by atoms with Crippen molar-refractivity contribution in [2.45, 2.75) is 33.3 Å². The molecule has 0 amide bonds. The lowest BCUT2D eigenvalue weighted by Gasteiger charge is -2.06. The zero-order valence-corrected chi connectivity index (χ0v) is 16.7. The Morgan fingerprint density at radius 1 is 0.852 bits per heavy atom. The van der Waals surface area contributed by atoms with E-state index in [9.17, 15) is 0 Å². The third-order valence-corrected chi connectivity index (χ3v) is 4.43. The van der Waals surface area contributed by atoms with Gasteiger partial charge in [0.2, 0.25) is 0 Å². The Balaban J connectivity index is 0.000000199. The fourth-order valence-electron chi connectivity index (χ4n) is 2.50. The van der Waals surface area contributed by atoms with Crippen molar-refractivity contribution in [3.8, 4) is 5.75 Å². The van der Waals surface area contributed by atoms with Crippen LogP contribution in [0.2, 0.25) is 5.02 Å². The predicted octanol–water partition coefficient (Wildman–Crippen LogP) is 6.15. The number of benzene rings is 3. The molecule has 0 saturated heterocycles. The fourth-order valence-corrected chi connectivity index (χ4v) is 2.83. The van der Waals surface area contributed by atoms with Gasteiger partial charge in [-0.15, -0.1) is 0 Å². The molecular weight excluding hydrogens is 356 g/mol. The molecule has 142 valence electrons. The highest BCUT2D eigenvalue weighted by atomic mass is 35.5. The summed E-state index contributed by atoms with van der Waals surface area (Å²) in [4.78, 5) is 0. The van der Waals surface area contributed by atoms with Crippen molar-refractivity contribution in [2.24, 2.45) is 0 Å². The molecule has 0 aliphatic carbocycles. The van der Waals surface area contributed by atoms with Gasteiger partial charge in [-0.2, -0.15) is 0 Å². The highest BCUT2D eigenvalue weighted by molar-refractivity contribution is 6.31. The highest BCUT2D eigenvalue weighted by Gasteiger charge is 1.99. The van der Waals surface area contributed by atoms with Crippen molar-refractivity contribution in [1.82, 2.24) is 0 Å². The molecule has 0 unspecified atom stereocenters. The maximum absolute atomic E-state index is 8.63. The van der Waals surface area contributed by atoms with Gasteiger partial charge in [0.05, 0.1) is 0 Å². The lowest BCUT2D eigenvalue weighted by molar-refractivity contribution is 0.288. The van der Waals surface area contributed by atoms with Gasteiger partial charge in [-0.1, -0.05) is 71.8 Å². The zero-order valence-electron chi connectivity index (χ0n) is 16.0. The standard InChI is InChI=1S/C14H14O.C10H13ClO/c1-12-7-9-14(10-8-12)15-11-13-5-3-2-4-6-13;1-8-4-5-9(3-2-6-12)10(11)7-8/h2-10H,11H2,1H3;4-5,7,12H,2-3,6H2,1H3. The molecule has 0 fully saturated rings. The first-order valence-corrected chi connectivity index (χ1v) is 9.55. The molecule has 1 N–H and O–H groups in total. The lowest BCUT2D eigenvalue weighted by atomic mass is 10.1. The summed E-state index contributed by atoms with van der Waals surface area (Å²) in [7, 11) is 0. The molecule has 0 aliphatic heterocycles. The van der Waals surface area contributed by atoms with Crippen LogP contribution in [0.5, 0.6) is 5.75 Å². The van der Waals surface area contributed by atoms with Gasteiger partial charge in [-0.25, -0.2) is 0 Å². The third kappa shape index (κ3) is 7.86. The maximum atomic E-state index is 8.63. The molecule has 0 aromatic heterocycles. The smallest absolute Gasteiger partial charge is 0.119 e. The minimum absolute atomic E-state index is 0.226. The Hall–Kier alpha value is -2.29. The van der Waals surface area contributed by atoms with E-state index in [4.69, 9.17) is 21.4 Å². The third-order valence-electron chi connectivity index (χ3n) is 4.08. The lowest BCUT2D eigenvalue weighted by Crippen LogP contribution is -1.94. The van der Waals surface area contributed by atoms with Crippen LogP contribution in [0.3, 0.4) is 0 Å². The highest BCUT2D eigenvalue weighted by Crippen LogP contribution is 2.18. The summed E-state index contributed by atoms with van der Waals surface area (Å²) in [5, 5.41) is 9.44. The van der Waals surface area contributed by atoms with Gasteiger partial charge >= 0.3 is 0 Å². The second kappa shape index (κ2) is 11.4. The summed E-state index contributed by atoms with van der Waals surface area (Å²) in [6.07, 6.45) is 1.64. The van der Waals surface area contributed by atoms with Crippen LogP contribution in [-0.4, -0.2) is 11.7 Å². The Morgan fingerprint density at radius 2 is 1.52 bits per heavy atom. The topological polar surface area (TPSA) is 29.5 Å². The van der Waals surface area contributed by atoms with Crippen molar-refractivity contribution < 1.29 is 9.84 Å². The van der Waals surface area contributed by atoms with Crippen molar-refractivity contribution in [3.05, 3.63) is 100 Å². The second-order valence-electron chi connectivity index (χ2n) is 6.51. The molecule has 0 saturated carbocycles. The monoisotopic (exact) mass is 382 g/mol. The molecule has 3 aromatic carbocycles. The summed E-state index contributed by atoms with van der Waals surface area (Å²) in [6.45, 7) is 4.94. The van der Waals surface area contributed by atoms with Crippen LogP contribution in [0.25, 0.3) is 0 Å². The Morgan fingerprint density at radius 3 is 2.15 bits per heavy atom. The summed E-state index contributed by atoms with van der Waals surface area (Å²) >= 11 is 5.98. The van der Waals surface area contributed by atoms with Crippen LogP contribution in [-0.2, 0) is 13.0 Å². The fraction of sp³-hybridized carbons (Fsp3) is 0.250. The molecule has 3 heteroatoms. The molecule has 0 radical (unpaired) electrons. The van der Waals surface area contributed by atoms with Crippen LogP contribution in [0.15, 0.2) is 72.8 Å². The first-order chi connectivity index (χ1) is 13.1. The zero-order chi connectivity index (χ0) is 19.5. The minimum atomic E-state index is 0.226. The van der Waals surface area contributed by atoms with Gasteiger partial charge in [0, 0.05) is 11.6 Å². The van der Waals surface area contributed by atoms with E-state index in [1.54, 1.807) is 0 Å². The normalized spacial score (nSPS) is 10.1. The predicted molar refractivity (Wildman–Crippen MR) is 114 cm³/mol. The van der Waals surface area contributed by atoms with Gasteiger partial charge in [0.25, 0.3) is 0 Å². The van der Waals surface area contributed by atoms with Crippen LogP contribution in [0.4, 0.5) is 0 Å². The van der Waals surface area contributed by atoms with Crippen LogP contribution < -0.4 is 4.74 Å². The quantitative estimate of drug-likeness (QED) is 0.554. The van der Waals surface area contributed by atoms with E-state index in [0.29, 0.717) is 6.61 Å². The first-order valence-electron chi connectivity index (χ1n) is 9.18. The summed E-state index contributed by atoms with van der Waals surface area (Å²) in [6, 6.07) is 24.3. The second-order valence-corrected chi connectivity index (χ2v) is 6.92. The van der Waals surface area contributed by atoms with Crippen molar-refractivity contribution in [3.63, 3.8) is 0 Å². The molecule has 0 bridgehead atoms. The van der Waals surface area contributed by atoms with Crippen LogP contribution >= 0.6 is 11.6 Å². The number of aryl methyl sites for hydroxylation is 3. The number of aliphatic hydroxyl groups is 1. The molecule has 0 atom stereocenters. The molecular formula is C24H27ClO2. The number of halogens is 1. The molecule has 0 aliphatic rings. The number of hydrogen-bond donors (Lipinski definition) is 1. The van der Waals surface area contributed by atoms with E-state index in [1.165, 1.54) is 16.7 Å². The number of hydrogen-bond acceptors (Lipinski definition) is 2. The minimum Gasteiger partial charge on any atom is -0.489 e. The summed E-state index contributed by atoms with van der Waals surface area (Å²) in [5.41, 5.74) is 4.74. The van der Waals surface area contributed by atoms with Crippen molar-refractivity contribution in [2.75, 3.05) is 6.61 Å². The molecule has 3 aromatic rings. The molecule has 0 spiro atoms. The number of aliphatic hydroxyl groups excluding tert-OH is 1. The number of ether oxygens (including phenoxy) is 1. The summed E-state index contributed by atoms with van der Waals surface area (Å²) < 4.78 is 5.65.